The molecular formula is C17H26O3. The molecule has 0 spiro atoms. The SMILES string of the molecule is CCC1(C(=O)O)OC1(C)C=CC1C(C)=CCCC1(C)C. The van der Waals surface area contributed by atoms with Crippen LogP contribution in [-0.4, -0.2) is 22.3 Å². The van der Waals surface area contributed by atoms with Gasteiger partial charge in [-0.25, -0.2) is 4.79 Å². The molecule has 1 saturated heterocycles. The topological polar surface area (TPSA) is 49.8 Å². The van der Waals surface area contributed by atoms with Gasteiger partial charge in [0.1, 0.15) is 5.60 Å². The number of carbonyl (C=O) groups is 1. The van der Waals surface area contributed by atoms with Gasteiger partial charge < -0.3 is 9.84 Å². The Balaban J connectivity index is 2.20. The van der Waals surface area contributed by atoms with Crippen LogP contribution in [0.25, 0.3) is 0 Å². The summed E-state index contributed by atoms with van der Waals surface area (Å²) in [5.41, 5.74) is -0.0980. The zero-order valence-electron chi connectivity index (χ0n) is 13.2. The number of hydrogen-bond donors (Lipinski definition) is 1. The molecule has 0 aromatic carbocycles. The maximum atomic E-state index is 11.4. The Labute approximate surface area is 121 Å². The van der Waals surface area contributed by atoms with E-state index in [4.69, 9.17) is 4.74 Å². The standard InChI is InChI=1S/C17H26O3/c1-6-17(14(18)19)16(5,20-17)11-9-13-12(2)8-7-10-15(13,3)4/h8-9,11,13H,6-7,10H2,1-5H3,(H,18,19). The first-order valence-corrected chi connectivity index (χ1v) is 7.48. The summed E-state index contributed by atoms with van der Waals surface area (Å²) in [5.74, 6) is -0.497. The molecule has 3 unspecified atom stereocenters. The molecule has 1 N–H and O–H groups in total. The quantitative estimate of drug-likeness (QED) is 0.626. The van der Waals surface area contributed by atoms with Crippen LogP contribution in [0.5, 0.6) is 0 Å². The first-order chi connectivity index (χ1) is 9.18. The molecule has 3 heteroatoms. The van der Waals surface area contributed by atoms with Crippen LogP contribution >= 0.6 is 0 Å². The second-order valence-corrected chi connectivity index (χ2v) is 7.01. The van der Waals surface area contributed by atoms with Gasteiger partial charge in [0.25, 0.3) is 0 Å². The van der Waals surface area contributed by atoms with Gasteiger partial charge in [-0.05, 0) is 38.5 Å². The van der Waals surface area contributed by atoms with E-state index in [9.17, 15) is 9.90 Å². The zero-order chi connectivity index (χ0) is 15.2. The summed E-state index contributed by atoms with van der Waals surface area (Å²) < 4.78 is 5.59. The van der Waals surface area contributed by atoms with Gasteiger partial charge in [0.15, 0.2) is 5.60 Å². The van der Waals surface area contributed by atoms with Crippen LogP contribution in [-0.2, 0) is 9.53 Å². The molecule has 2 rings (SSSR count). The van der Waals surface area contributed by atoms with E-state index >= 15 is 0 Å². The van der Waals surface area contributed by atoms with E-state index in [2.05, 4.69) is 32.9 Å². The minimum Gasteiger partial charge on any atom is -0.479 e. The first-order valence-electron chi connectivity index (χ1n) is 7.48. The van der Waals surface area contributed by atoms with E-state index in [1.165, 1.54) is 5.57 Å². The van der Waals surface area contributed by atoms with Crippen molar-refractivity contribution < 1.29 is 14.6 Å². The molecule has 1 fully saturated rings. The number of carboxylic acid groups (broad SMARTS) is 1. The van der Waals surface area contributed by atoms with Gasteiger partial charge in [-0.1, -0.05) is 44.6 Å². The van der Waals surface area contributed by atoms with Crippen molar-refractivity contribution in [3.63, 3.8) is 0 Å². The highest BCUT2D eigenvalue weighted by Gasteiger charge is 2.70. The van der Waals surface area contributed by atoms with Gasteiger partial charge >= 0.3 is 5.97 Å². The number of ether oxygens (including phenoxy) is 1. The minimum absolute atomic E-state index is 0.221. The summed E-state index contributed by atoms with van der Waals surface area (Å²) in [6, 6.07) is 0. The number of hydrogen-bond acceptors (Lipinski definition) is 2. The molecule has 0 aromatic heterocycles. The monoisotopic (exact) mass is 278 g/mol. The van der Waals surface area contributed by atoms with E-state index < -0.39 is 17.2 Å². The third-order valence-corrected chi connectivity index (χ3v) is 5.18. The summed E-state index contributed by atoms with van der Waals surface area (Å²) in [7, 11) is 0. The number of carboxylic acids is 1. The van der Waals surface area contributed by atoms with Crippen molar-refractivity contribution in [1.29, 1.82) is 0 Å². The lowest BCUT2D eigenvalue weighted by Crippen LogP contribution is -2.31. The minimum atomic E-state index is -1.03. The van der Waals surface area contributed by atoms with Crippen LogP contribution in [0.1, 0.15) is 53.9 Å². The molecule has 0 radical (unpaired) electrons. The maximum absolute atomic E-state index is 11.4. The third kappa shape index (κ3) is 2.22. The highest BCUT2D eigenvalue weighted by molar-refractivity contribution is 5.83. The smallest absolute Gasteiger partial charge is 0.339 e. The summed E-state index contributed by atoms with van der Waals surface area (Å²) in [5, 5.41) is 9.36. The van der Waals surface area contributed by atoms with Crippen molar-refractivity contribution >= 4 is 5.97 Å². The molecule has 3 atom stereocenters. The molecule has 1 aliphatic carbocycles. The number of rotatable bonds is 4. The van der Waals surface area contributed by atoms with E-state index in [0.717, 1.165) is 12.8 Å². The van der Waals surface area contributed by atoms with Crippen LogP contribution in [0.4, 0.5) is 0 Å². The van der Waals surface area contributed by atoms with E-state index in [-0.39, 0.29) is 5.41 Å². The summed E-state index contributed by atoms with van der Waals surface area (Å²) in [6.07, 6.45) is 9.21. The normalized spacial score (nSPS) is 39.6. The zero-order valence-corrected chi connectivity index (χ0v) is 13.2. The molecule has 112 valence electrons. The second kappa shape index (κ2) is 4.73. The highest BCUT2D eigenvalue weighted by atomic mass is 16.6. The fraction of sp³-hybridized carbons (Fsp3) is 0.706. The van der Waals surface area contributed by atoms with Crippen LogP contribution in [0, 0.1) is 11.3 Å². The number of epoxide rings is 1. The first kappa shape index (κ1) is 15.3. The Morgan fingerprint density at radius 2 is 2.15 bits per heavy atom. The second-order valence-electron chi connectivity index (χ2n) is 7.01. The Bertz CT molecular complexity index is 475. The lowest BCUT2D eigenvalue weighted by molar-refractivity contribution is -0.143. The van der Waals surface area contributed by atoms with Crippen LogP contribution in [0.3, 0.4) is 0 Å². The van der Waals surface area contributed by atoms with Gasteiger partial charge in [0.05, 0.1) is 0 Å². The molecule has 0 bridgehead atoms. The van der Waals surface area contributed by atoms with Crippen molar-refractivity contribution in [2.45, 2.75) is 65.1 Å². The molecule has 0 saturated carbocycles. The van der Waals surface area contributed by atoms with Gasteiger partial charge in [-0.15, -0.1) is 0 Å². The molecule has 2 aliphatic rings. The van der Waals surface area contributed by atoms with E-state index in [1.54, 1.807) is 0 Å². The van der Waals surface area contributed by atoms with Gasteiger partial charge in [-0.2, -0.15) is 0 Å². The predicted octanol–water partition coefficient (Wildman–Crippen LogP) is 3.95. The van der Waals surface area contributed by atoms with E-state index in [1.807, 2.05) is 19.9 Å². The fourth-order valence-corrected chi connectivity index (χ4v) is 3.60. The Kier molecular flexibility index (Phi) is 3.62. The van der Waals surface area contributed by atoms with Crippen LogP contribution < -0.4 is 0 Å². The van der Waals surface area contributed by atoms with E-state index in [0.29, 0.717) is 12.3 Å². The Morgan fingerprint density at radius 1 is 1.50 bits per heavy atom. The molecule has 20 heavy (non-hydrogen) atoms. The van der Waals surface area contributed by atoms with Crippen molar-refractivity contribution in [3.8, 4) is 0 Å². The van der Waals surface area contributed by atoms with Gasteiger partial charge in [0.2, 0.25) is 0 Å². The van der Waals surface area contributed by atoms with Crippen molar-refractivity contribution in [3.05, 3.63) is 23.8 Å². The Hall–Kier alpha value is -1.09. The van der Waals surface area contributed by atoms with Crippen molar-refractivity contribution in [1.82, 2.24) is 0 Å². The highest BCUT2D eigenvalue weighted by Crippen LogP contribution is 2.52. The maximum Gasteiger partial charge on any atom is 0.339 e. The molecule has 1 aliphatic heterocycles. The number of aliphatic carboxylic acids is 1. The van der Waals surface area contributed by atoms with Crippen LogP contribution in [0.2, 0.25) is 0 Å². The molecule has 0 amide bonds. The average Bonchev–Trinajstić information content (AvgIpc) is 2.95. The van der Waals surface area contributed by atoms with Crippen LogP contribution in [0.15, 0.2) is 23.8 Å². The van der Waals surface area contributed by atoms with Crippen molar-refractivity contribution in [2.75, 3.05) is 0 Å². The molecule has 0 aromatic rings. The van der Waals surface area contributed by atoms with Crippen molar-refractivity contribution in [2.24, 2.45) is 11.3 Å². The molecular weight excluding hydrogens is 252 g/mol. The molecule has 3 nitrogen and oxygen atoms in total. The molecule has 1 heterocycles. The van der Waals surface area contributed by atoms with Gasteiger partial charge in [-0.3, -0.25) is 0 Å². The summed E-state index contributed by atoms with van der Waals surface area (Å²) in [6.45, 7) is 10.5. The summed E-state index contributed by atoms with van der Waals surface area (Å²) >= 11 is 0. The number of allylic oxidation sites excluding steroid dienone is 3. The lowest BCUT2D eigenvalue weighted by Gasteiger charge is -2.36. The predicted molar refractivity (Wildman–Crippen MR) is 79.5 cm³/mol. The summed E-state index contributed by atoms with van der Waals surface area (Å²) in [4.78, 5) is 11.4. The largest absolute Gasteiger partial charge is 0.479 e. The fourth-order valence-electron chi connectivity index (χ4n) is 3.60. The average molecular weight is 278 g/mol. The third-order valence-electron chi connectivity index (χ3n) is 5.18. The van der Waals surface area contributed by atoms with Gasteiger partial charge in [0, 0.05) is 5.92 Å². The Morgan fingerprint density at radius 3 is 2.60 bits per heavy atom. The lowest BCUT2D eigenvalue weighted by atomic mass is 9.68.